The van der Waals surface area contributed by atoms with E-state index in [2.05, 4.69) is 11.9 Å². The summed E-state index contributed by atoms with van der Waals surface area (Å²) in [4.78, 5) is 43.6. The molecule has 2 aromatic rings. The lowest BCUT2D eigenvalue weighted by Gasteiger charge is -2.33. The first-order valence-corrected chi connectivity index (χ1v) is 16.3. The summed E-state index contributed by atoms with van der Waals surface area (Å²) in [6.45, 7) is 2.79. The number of rotatable bonds is 25. The Morgan fingerprint density at radius 2 is 1.49 bits per heavy atom. The smallest absolute Gasteiger partial charge is 0.240 e. The van der Waals surface area contributed by atoms with Crippen molar-refractivity contribution in [2.45, 2.75) is 135 Å². The molecular weight excluding hydrogens is 540 g/mol. The van der Waals surface area contributed by atoms with E-state index in [4.69, 9.17) is 16.2 Å². The second-order valence-electron chi connectivity index (χ2n) is 11.6. The van der Waals surface area contributed by atoms with Gasteiger partial charge in [-0.3, -0.25) is 14.6 Å². The summed E-state index contributed by atoms with van der Waals surface area (Å²) in [7, 11) is 0. The normalized spacial score (nSPS) is 13.3. The molecule has 0 saturated carbocycles. The highest BCUT2D eigenvalue weighted by atomic mass is 16.5. The minimum absolute atomic E-state index is 0.0696. The second-order valence-corrected chi connectivity index (χ2v) is 11.6. The maximum Gasteiger partial charge on any atom is 0.240 e. The largest absolute Gasteiger partial charge is 0.370 e. The van der Waals surface area contributed by atoms with E-state index >= 15 is 0 Å². The van der Waals surface area contributed by atoms with Gasteiger partial charge in [-0.2, -0.15) is 0 Å². The molecule has 2 amide bonds. The zero-order valence-electron chi connectivity index (χ0n) is 26.2. The van der Waals surface area contributed by atoms with Crippen LogP contribution in [0.25, 0.3) is 0 Å². The fourth-order valence-corrected chi connectivity index (χ4v) is 5.35. The molecule has 0 radical (unpaired) electrons. The van der Waals surface area contributed by atoms with E-state index in [1.807, 2.05) is 48.5 Å². The summed E-state index contributed by atoms with van der Waals surface area (Å²) in [6, 6.07) is 13.9. The van der Waals surface area contributed by atoms with Gasteiger partial charge in [0.2, 0.25) is 11.8 Å². The number of ether oxygens (including phenoxy) is 1. The maximum absolute atomic E-state index is 13.7. The van der Waals surface area contributed by atoms with Gasteiger partial charge >= 0.3 is 0 Å². The zero-order valence-corrected chi connectivity index (χ0v) is 26.2. The average Bonchev–Trinajstić information content (AvgIpc) is 3.02. The first-order valence-electron chi connectivity index (χ1n) is 16.3. The van der Waals surface area contributed by atoms with E-state index in [9.17, 15) is 14.4 Å². The van der Waals surface area contributed by atoms with E-state index in [1.54, 1.807) is 11.1 Å². The topological polar surface area (TPSA) is 129 Å². The van der Waals surface area contributed by atoms with Crippen LogP contribution >= 0.6 is 0 Å². The van der Waals surface area contributed by atoms with Gasteiger partial charge in [-0.1, -0.05) is 114 Å². The number of pyridine rings is 1. The van der Waals surface area contributed by atoms with Crippen molar-refractivity contribution >= 4 is 18.1 Å². The van der Waals surface area contributed by atoms with Crippen LogP contribution in [0.15, 0.2) is 54.7 Å². The van der Waals surface area contributed by atoms with Gasteiger partial charge in [0.15, 0.2) is 0 Å². The quantitative estimate of drug-likeness (QED) is 0.103. The van der Waals surface area contributed by atoms with Gasteiger partial charge in [0.1, 0.15) is 12.4 Å². The van der Waals surface area contributed by atoms with Crippen molar-refractivity contribution in [3.05, 3.63) is 66.0 Å². The molecule has 2 rings (SSSR count). The summed E-state index contributed by atoms with van der Waals surface area (Å²) in [5.74, 6) is -0.719. The third-order valence-corrected chi connectivity index (χ3v) is 7.90. The first-order chi connectivity index (χ1) is 20.9. The Balaban J connectivity index is 1.94. The van der Waals surface area contributed by atoms with Crippen LogP contribution in [-0.2, 0) is 32.3 Å². The highest BCUT2D eigenvalue weighted by molar-refractivity contribution is 5.83. The van der Waals surface area contributed by atoms with E-state index in [-0.39, 0.29) is 31.3 Å². The summed E-state index contributed by atoms with van der Waals surface area (Å²) in [5, 5.41) is 0. The standard InChI is InChI=1S/C35H54N4O4/c1-2-3-4-5-6-7-8-9-10-11-15-21-31(25-34(37)41)39(26-30-20-16-17-24-38-30)35(42)33(36)23-22-32(27-40)43-28-29-18-13-12-14-19-29/h12-14,16-20,24,27,31-33H,2-11,15,21-23,25-26,28,36H2,1H3,(H2,37,41)/t31-,32?,33-/m0/s1. The van der Waals surface area contributed by atoms with Crippen LogP contribution in [0.5, 0.6) is 0 Å². The Labute approximate surface area is 259 Å². The lowest BCUT2D eigenvalue weighted by molar-refractivity contribution is -0.137. The van der Waals surface area contributed by atoms with E-state index in [1.165, 1.54) is 51.4 Å². The van der Waals surface area contributed by atoms with Gasteiger partial charge in [-0.25, -0.2) is 0 Å². The molecule has 0 spiro atoms. The van der Waals surface area contributed by atoms with Crippen molar-refractivity contribution in [3.8, 4) is 0 Å². The van der Waals surface area contributed by atoms with Gasteiger partial charge in [0.25, 0.3) is 0 Å². The Kier molecular flexibility index (Phi) is 18.8. The van der Waals surface area contributed by atoms with Crippen molar-refractivity contribution < 1.29 is 19.1 Å². The summed E-state index contributed by atoms with van der Waals surface area (Å²) in [5.41, 5.74) is 13.7. The third-order valence-electron chi connectivity index (χ3n) is 7.90. The number of carbonyl (C=O) groups excluding carboxylic acids is 3. The van der Waals surface area contributed by atoms with Crippen LogP contribution in [0, 0.1) is 0 Å². The van der Waals surface area contributed by atoms with Crippen molar-refractivity contribution in [1.82, 2.24) is 9.88 Å². The Bertz CT molecular complexity index is 1020. The van der Waals surface area contributed by atoms with Crippen molar-refractivity contribution in [3.63, 3.8) is 0 Å². The van der Waals surface area contributed by atoms with Crippen molar-refractivity contribution in [2.24, 2.45) is 11.5 Å². The van der Waals surface area contributed by atoms with Crippen LogP contribution < -0.4 is 11.5 Å². The number of nitrogens with zero attached hydrogens (tertiary/aromatic N) is 2. The van der Waals surface area contributed by atoms with Gasteiger partial charge in [-0.05, 0) is 37.0 Å². The highest BCUT2D eigenvalue weighted by Gasteiger charge is 2.29. The number of amides is 2. The molecule has 1 heterocycles. The second kappa shape index (κ2) is 22.4. The number of primary amides is 1. The summed E-state index contributed by atoms with van der Waals surface area (Å²) in [6.07, 6.45) is 16.6. The molecule has 1 unspecified atom stereocenters. The number of aromatic nitrogens is 1. The Hall–Kier alpha value is -3.10. The lowest BCUT2D eigenvalue weighted by atomic mass is 9.99. The molecule has 1 aromatic carbocycles. The zero-order chi connectivity index (χ0) is 31.1. The molecule has 0 bridgehead atoms. The molecule has 0 fully saturated rings. The highest BCUT2D eigenvalue weighted by Crippen LogP contribution is 2.20. The van der Waals surface area contributed by atoms with Crippen molar-refractivity contribution in [1.29, 1.82) is 0 Å². The van der Waals surface area contributed by atoms with E-state index in [0.717, 1.165) is 31.1 Å². The number of aldehydes is 1. The number of nitrogens with two attached hydrogens (primary N) is 2. The molecule has 8 nitrogen and oxygen atoms in total. The van der Waals surface area contributed by atoms with Crippen LogP contribution in [0.3, 0.4) is 0 Å². The van der Waals surface area contributed by atoms with Crippen LogP contribution in [0.2, 0.25) is 0 Å². The number of hydrogen-bond acceptors (Lipinski definition) is 6. The SMILES string of the molecule is CCCCCCCCCCCCC[C@@H](CC(N)=O)N(Cc1ccccn1)C(=O)[C@@H](N)CCC(C=O)OCc1ccccc1. The molecule has 3 atom stereocenters. The Morgan fingerprint density at radius 1 is 0.860 bits per heavy atom. The fraction of sp³-hybridized carbons (Fsp3) is 0.600. The molecule has 0 aliphatic rings. The van der Waals surface area contributed by atoms with Gasteiger partial charge in [-0.15, -0.1) is 0 Å². The number of benzene rings is 1. The fourth-order valence-electron chi connectivity index (χ4n) is 5.35. The lowest BCUT2D eigenvalue weighted by Crippen LogP contribution is -2.49. The van der Waals surface area contributed by atoms with Crippen LogP contribution in [0.1, 0.15) is 114 Å². The predicted molar refractivity (Wildman–Crippen MR) is 172 cm³/mol. The molecule has 1 aromatic heterocycles. The molecule has 0 aliphatic heterocycles. The van der Waals surface area contributed by atoms with Crippen LogP contribution in [-0.4, -0.2) is 46.2 Å². The molecule has 43 heavy (non-hydrogen) atoms. The summed E-state index contributed by atoms with van der Waals surface area (Å²) < 4.78 is 5.77. The number of carbonyl (C=O) groups is 3. The minimum Gasteiger partial charge on any atom is -0.370 e. The van der Waals surface area contributed by atoms with Gasteiger partial charge in [0, 0.05) is 18.7 Å². The average molecular weight is 595 g/mol. The molecular formula is C35H54N4O4. The molecule has 238 valence electrons. The molecule has 4 N–H and O–H groups in total. The molecule has 0 saturated heterocycles. The molecule has 0 aliphatic carbocycles. The van der Waals surface area contributed by atoms with Gasteiger partial charge in [0.05, 0.1) is 24.9 Å². The monoisotopic (exact) mass is 594 g/mol. The van der Waals surface area contributed by atoms with Crippen LogP contribution in [0.4, 0.5) is 0 Å². The summed E-state index contributed by atoms with van der Waals surface area (Å²) >= 11 is 0. The number of hydrogen-bond donors (Lipinski definition) is 2. The first kappa shape index (κ1) is 36.1. The predicted octanol–water partition coefficient (Wildman–Crippen LogP) is 6.25. The van der Waals surface area contributed by atoms with Gasteiger partial charge < -0.3 is 25.9 Å². The Morgan fingerprint density at radius 3 is 2.07 bits per heavy atom. The number of unbranched alkanes of at least 4 members (excludes halogenated alkanes) is 10. The maximum atomic E-state index is 13.7. The molecule has 8 heteroatoms. The van der Waals surface area contributed by atoms with E-state index in [0.29, 0.717) is 25.1 Å². The van der Waals surface area contributed by atoms with Crippen molar-refractivity contribution in [2.75, 3.05) is 0 Å². The minimum atomic E-state index is -0.848. The van der Waals surface area contributed by atoms with E-state index < -0.39 is 18.1 Å². The third kappa shape index (κ3) is 15.8.